The van der Waals surface area contributed by atoms with E-state index in [2.05, 4.69) is 24.5 Å². The highest BCUT2D eigenvalue weighted by molar-refractivity contribution is 7.97. The van der Waals surface area contributed by atoms with E-state index in [1.807, 2.05) is 37.3 Å². The number of aryl methyl sites for hydroxylation is 1. The summed E-state index contributed by atoms with van der Waals surface area (Å²) in [5.74, 6) is -0.0257. The Morgan fingerprint density at radius 3 is 2.33 bits per heavy atom. The molecule has 2 aromatic carbocycles. The van der Waals surface area contributed by atoms with Crippen molar-refractivity contribution in [1.29, 1.82) is 0 Å². The van der Waals surface area contributed by atoms with Gasteiger partial charge in [0.1, 0.15) is 5.82 Å². The highest BCUT2D eigenvalue weighted by atomic mass is 32.2. The van der Waals surface area contributed by atoms with Crippen molar-refractivity contribution >= 4 is 23.7 Å². The smallest absolute Gasteiger partial charge is 0.412 e. The maximum atomic E-state index is 13.4. The normalized spacial score (nSPS) is 15.9. The number of aromatic nitrogens is 1. The number of halogens is 2. The Labute approximate surface area is 236 Å². The zero-order valence-electron chi connectivity index (χ0n) is 21.8. The van der Waals surface area contributed by atoms with Gasteiger partial charge in [0.25, 0.3) is 0 Å². The minimum atomic E-state index is -3.71. The van der Waals surface area contributed by atoms with Crippen LogP contribution >= 0.6 is 11.9 Å². The summed E-state index contributed by atoms with van der Waals surface area (Å²) < 4.78 is 38.9. The van der Waals surface area contributed by atoms with Crippen LogP contribution in [0.15, 0.2) is 59.5 Å². The number of anilines is 1. The average molecular weight is 584 g/mol. The topological polar surface area (TPSA) is 176 Å². The van der Waals surface area contributed by atoms with Gasteiger partial charge in [-0.3, -0.25) is 4.79 Å². The molecule has 13 heteroatoms. The molecule has 1 saturated carbocycles. The van der Waals surface area contributed by atoms with Gasteiger partial charge in [0.15, 0.2) is 11.5 Å². The van der Waals surface area contributed by atoms with Gasteiger partial charge in [-0.05, 0) is 80.1 Å². The van der Waals surface area contributed by atoms with E-state index in [1.165, 1.54) is 24.1 Å². The number of carbonyl (C=O) groups excluding carboxylic acids is 1. The number of alkyl halides is 2. The second-order valence-corrected chi connectivity index (χ2v) is 10.7. The number of carbonyl (C=O) groups is 1. The molecule has 0 spiro atoms. The van der Waals surface area contributed by atoms with Crippen molar-refractivity contribution in [2.45, 2.75) is 48.8 Å². The van der Waals surface area contributed by atoms with E-state index >= 15 is 0 Å². The number of benzene rings is 2. The Balaban J connectivity index is 0.00000220. The molecule has 1 amide bonds. The summed E-state index contributed by atoms with van der Waals surface area (Å²) in [4.78, 5) is 18.8. The molecular weight excluding hydrogens is 548 g/mol. The van der Waals surface area contributed by atoms with Crippen LogP contribution in [0.25, 0.3) is 11.3 Å². The number of aliphatic hydroxyl groups excluding tert-OH is 2. The molecule has 1 aromatic heterocycles. The summed E-state index contributed by atoms with van der Waals surface area (Å²) in [5.41, 5.74) is 1.42. The molecule has 8 N–H and O–H groups in total. The lowest BCUT2D eigenvalue weighted by Gasteiger charge is -2.25. The Morgan fingerprint density at radius 2 is 1.70 bits per heavy atom. The van der Waals surface area contributed by atoms with Gasteiger partial charge < -0.3 is 36.0 Å². The zero-order valence-corrected chi connectivity index (χ0v) is 22.6. The van der Waals surface area contributed by atoms with Crippen molar-refractivity contribution in [3.63, 3.8) is 0 Å². The quantitative estimate of drug-likeness (QED) is 0.278. The van der Waals surface area contributed by atoms with E-state index in [4.69, 9.17) is 0 Å². The van der Waals surface area contributed by atoms with Gasteiger partial charge in [-0.1, -0.05) is 24.3 Å². The number of amides is 1. The molecule has 40 heavy (non-hydrogen) atoms. The number of nitrogens with zero attached hydrogens (tertiary/aromatic N) is 1. The number of nitrogens with one attached hydrogen (secondary N) is 2. The third-order valence-corrected chi connectivity index (χ3v) is 7.82. The lowest BCUT2D eigenvalue weighted by atomic mass is 9.94. The van der Waals surface area contributed by atoms with Crippen LogP contribution in [0.5, 0.6) is 11.5 Å². The van der Waals surface area contributed by atoms with Crippen molar-refractivity contribution < 1.29 is 47.1 Å². The van der Waals surface area contributed by atoms with E-state index < -0.39 is 17.2 Å². The Bertz CT molecular complexity index is 1380. The maximum absolute atomic E-state index is 13.4. The molecule has 0 atom stereocenters. The Hall–Kier alpha value is -3.33. The van der Waals surface area contributed by atoms with Crippen LogP contribution in [-0.4, -0.2) is 57.1 Å². The highest BCUT2D eigenvalue weighted by Crippen LogP contribution is 2.52. The van der Waals surface area contributed by atoms with Crippen molar-refractivity contribution in [2.24, 2.45) is 0 Å². The molecule has 1 aliphatic carbocycles. The second kappa shape index (κ2) is 11.6. The van der Waals surface area contributed by atoms with Gasteiger partial charge in [-0.25, -0.2) is 9.71 Å². The summed E-state index contributed by atoms with van der Waals surface area (Å²) in [5, 5.41) is 21.8. The maximum Gasteiger partial charge on any atom is 0.586 e. The van der Waals surface area contributed by atoms with Gasteiger partial charge in [-0.2, -0.15) is 0 Å². The molecule has 0 unspecified atom stereocenters. The van der Waals surface area contributed by atoms with E-state index in [1.54, 1.807) is 19.1 Å². The molecule has 2 aliphatic rings. The fourth-order valence-corrected chi connectivity index (χ4v) is 4.89. The summed E-state index contributed by atoms with van der Waals surface area (Å²) in [6.45, 7) is 3.24. The van der Waals surface area contributed by atoms with Gasteiger partial charge in [0.2, 0.25) is 5.91 Å². The number of hydrogen-bond acceptors (Lipinski definition) is 8. The van der Waals surface area contributed by atoms with Gasteiger partial charge in [0.05, 0.1) is 29.9 Å². The summed E-state index contributed by atoms with van der Waals surface area (Å²) in [7, 11) is 0. The zero-order chi connectivity index (χ0) is 27.1. The Morgan fingerprint density at radius 1 is 1.05 bits per heavy atom. The number of rotatable bonds is 9. The van der Waals surface area contributed by atoms with Crippen molar-refractivity contribution in [2.75, 3.05) is 18.5 Å². The summed E-state index contributed by atoms with van der Waals surface area (Å²) in [6.07, 6.45) is -2.56. The number of pyridine rings is 1. The first-order valence-electron chi connectivity index (χ1n) is 12.0. The van der Waals surface area contributed by atoms with Crippen LogP contribution in [0, 0.1) is 6.92 Å². The molecule has 1 fully saturated rings. The molecule has 0 saturated heterocycles. The Kier molecular flexibility index (Phi) is 9.09. The molecule has 10 nitrogen and oxygen atoms in total. The molecule has 0 bridgehead atoms. The monoisotopic (exact) mass is 583 g/mol. The third-order valence-electron chi connectivity index (χ3n) is 6.72. The number of ether oxygens (including phenoxy) is 2. The summed E-state index contributed by atoms with van der Waals surface area (Å²) in [6, 6.07) is 15.7. The highest BCUT2D eigenvalue weighted by Gasteiger charge is 2.53. The van der Waals surface area contributed by atoms with Crippen LogP contribution < -0.4 is 19.5 Å². The molecule has 2 heterocycles. The van der Waals surface area contributed by atoms with E-state index in [0.717, 1.165) is 16.0 Å². The minimum Gasteiger partial charge on any atom is -0.412 e. The SMILES string of the molecule is Cc1ccc(NC(=O)C2(c3ccc4c(c3)OC(F)(F)O4)CC2)nc1-c1ccc(SNC(C)(CO)CO)cc1.O.O.[HH].[HH]. The number of fused-ring (bicyclic) bond motifs is 1. The first-order chi connectivity index (χ1) is 18.1. The second-order valence-electron chi connectivity index (χ2n) is 9.83. The molecule has 1 aliphatic heterocycles. The minimum absolute atomic E-state index is 0. The van der Waals surface area contributed by atoms with Crippen molar-refractivity contribution in [1.82, 2.24) is 9.71 Å². The van der Waals surface area contributed by atoms with E-state index in [-0.39, 0.29) is 44.4 Å². The van der Waals surface area contributed by atoms with Crippen LogP contribution in [-0.2, 0) is 10.2 Å². The first-order valence-corrected chi connectivity index (χ1v) is 12.8. The predicted octanol–water partition coefficient (Wildman–Crippen LogP) is 3.23. The first kappa shape index (κ1) is 31.2. The van der Waals surface area contributed by atoms with Gasteiger partial charge in [0, 0.05) is 13.3 Å². The predicted molar refractivity (Wildman–Crippen MR) is 150 cm³/mol. The number of hydrogen-bond donors (Lipinski definition) is 4. The lowest BCUT2D eigenvalue weighted by Crippen LogP contribution is -2.45. The van der Waals surface area contributed by atoms with Gasteiger partial charge >= 0.3 is 6.29 Å². The summed E-state index contributed by atoms with van der Waals surface area (Å²) >= 11 is 1.31. The van der Waals surface area contributed by atoms with Crippen molar-refractivity contribution in [3.05, 3.63) is 65.7 Å². The molecular formula is C27H35F2N3O7S. The lowest BCUT2D eigenvalue weighted by molar-refractivity contribution is -0.286. The van der Waals surface area contributed by atoms with Crippen LogP contribution in [0.3, 0.4) is 0 Å². The number of aliphatic hydroxyl groups is 2. The molecule has 3 aromatic rings. The standard InChI is InChI=1S/C27H27F2N3O5S.2H2O.2H2/c1-16-3-10-22(30-23(16)17-4-7-19(8-5-17)38-32-25(2,14-33)15-34)31-24(35)26(11-12-26)18-6-9-20-21(13-18)37-27(28,29)36-20;;;;/h3-10,13,32-34H,11-12,14-15H2,1-2H3,(H,30,31,35);2*1H2;2*1H. The molecule has 0 radical (unpaired) electrons. The van der Waals surface area contributed by atoms with Gasteiger partial charge in [-0.15, -0.1) is 8.78 Å². The third kappa shape index (κ3) is 6.19. The van der Waals surface area contributed by atoms with E-state index in [0.29, 0.717) is 29.9 Å². The van der Waals surface area contributed by atoms with E-state index in [9.17, 15) is 23.8 Å². The molecule has 220 valence electrons. The molecule has 5 rings (SSSR count). The largest absolute Gasteiger partial charge is 0.586 e. The fraction of sp³-hybridized carbons (Fsp3) is 0.333. The van der Waals surface area contributed by atoms with Crippen LogP contribution in [0.2, 0.25) is 0 Å². The van der Waals surface area contributed by atoms with Crippen LogP contribution in [0.4, 0.5) is 14.6 Å². The average Bonchev–Trinajstić information content (AvgIpc) is 3.66. The van der Waals surface area contributed by atoms with Crippen LogP contribution in [0.1, 0.15) is 33.7 Å². The van der Waals surface area contributed by atoms with Crippen molar-refractivity contribution in [3.8, 4) is 22.8 Å². The fourth-order valence-electron chi connectivity index (χ4n) is 4.12.